The summed E-state index contributed by atoms with van der Waals surface area (Å²) in [5.41, 5.74) is 3.24. The lowest BCUT2D eigenvalue weighted by molar-refractivity contribution is -0.122. The summed E-state index contributed by atoms with van der Waals surface area (Å²) in [5, 5.41) is 7.04. The highest BCUT2D eigenvalue weighted by Gasteiger charge is 2.17. The Balaban J connectivity index is 1.41. The quantitative estimate of drug-likeness (QED) is 0.404. The number of aromatic amines is 1. The number of para-hydroxylation sites is 1. The molecule has 0 saturated carbocycles. The average molecular weight is 436 g/mol. The SMILES string of the molecule is CC(C)C[C@H](CNC(=O)OCc1ccccc1)CC(=O)NCCc1c[nH]c2ccccc12. The van der Waals surface area contributed by atoms with E-state index in [1.807, 2.05) is 54.7 Å². The van der Waals surface area contributed by atoms with Crippen molar-refractivity contribution in [3.05, 3.63) is 71.9 Å². The van der Waals surface area contributed by atoms with Gasteiger partial charge in [-0.05, 0) is 41.9 Å². The van der Waals surface area contributed by atoms with Gasteiger partial charge in [-0.1, -0.05) is 62.4 Å². The zero-order valence-electron chi connectivity index (χ0n) is 18.9. The van der Waals surface area contributed by atoms with Crippen LogP contribution in [0.4, 0.5) is 4.79 Å². The van der Waals surface area contributed by atoms with Gasteiger partial charge in [0, 0.05) is 36.6 Å². The second-order valence-corrected chi connectivity index (χ2v) is 8.60. The second-order valence-electron chi connectivity index (χ2n) is 8.60. The minimum atomic E-state index is -0.456. The van der Waals surface area contributed by atoms with Crippen molar-refractivity contribution in [1.82, 2.24) is 15.6 Å². The Morgan fingerprint density at radius 3 is 2.53 bits per heavy atom. The molecule has 0 fully saturated rings. The van der Waals surface area contributed by atoms with Crippen molar-refractivity contribution in [1.29, 1.82) is 0 Å². The van der Waals surface area contributed by atoms with E-state index in [0.29, 0.717) is 25.4 Å². The molecule has 3 N–H and O–H groups in total. The summed E-state index contributed by atoms with van der Waals surface area (Å²) >= 11 is 0. The van der Waals surface area contributed by atoms with Crippen LogP contribution in [0, 0.1) is 11.8 Å². The minimum absolute atomic E-state index is 0.00921. The Kier molecular flexibility index (Phi) is 8.72. The number of fused-ring (bicyclic) bond motifs is 1. The number of alkyl carbamates (subject to hydrolysis) is 1. The molecule has 0 aliphatic carbocycles. The highest BCUT2D eigenvalue weighted by Crippen LogP contribution is 2.18. The van der Waals surface area contributed by atoms with Gasteiger partial charge in [0.05, 0.1) is 0 Å². The molecule has 3 rings (SSSR count). The molecule has 0 aliphatic heterocycles. The predicted molar refractivity (Wildman–Crippen MR) is 127 cm³/mol. The summed E-state index contributed by atoms with van der Waals surface area (Å²) < 4.78 is 5.28. The molecule has 0 unspecified atom stereocenters. The summed E-state index contributed by atoms with van der Waals surface area (Å²) in [6.45, 7) is 5.48. The van der Waals surface area contributed by atoms with Gasteiger partial charge >= 0.3 is 6.09 Å². The Labute approximate surface area is 189 Å². The van der Waals surface area contributed by atoms with Crippen molar-refractivity contribution in [3.63, 3.8) is 0 Å². The summed E-state index contributed by atoms with van der Waals surface area (Å²) in [4.78, 5) is 27.8. The molecule has 1 aromatic heterocycles. The van der Waals surface area contributed by atoms with Crippen molar-refractivity contribution in [2.75, 3.05) is 13.1 Å². The van der Waals surface area contributed by atoms with Gasteiger partial charge in [0.25, 0.3) is 0 Å². The van der Waals surface area contributed by atoms with Crippen molar-refractivity contribution in [3.8, 4) is 0 Å². The number of carbonyl (C=O) groups is 2. The second kappa shape index (κ2) is 11.9. The number of benzene rings is 2. The number of rotatable bonds is 11. The fourth-order valence-electron chi connectivity index (χ4n) is 3.92. The fraction of sp³-hybridized carbons (Fsp3) is 0.385. The molecule has 2 amide bonds. The molecule has 0 aliphatic rings. The van der Waals surface area contributed by atoms with Gasteiger partial charge in [-0.25, -0.2) is 4.79 Å². The molecule has 0 spiro atoms. The van der Waals surface area contributed by atoms with Crippen LogP contribution in [0.5, 0.6) is 0 Å². The number of carbonyl (C=O) groups excluding carboxylic acids is 2. The van der Waals surface area contributed by atoms with E-state index in [1.165, 1.54) is 10.9 Å². The third-order valence-electron chi connectivity index (χ3n) is 5.42. The molecule has 1 heterocycles. The van der Waals surface area contributed by atoms with E-state index in [0.717, 1.165) is 23.9 Å². The first kappa shape index (κ1) is 23.4. The van der Waals surface area contributed by atoms with Gasteiger partial charge in [0.15, 0.2) is 0 Å². The zero-order chi connectivity index (χ0) is 22.8. The van der Waals surface area contributed by atoms with Crippen LogP contribution >= 0.6 is 0 Å². The van der Waals surface area contributed by atoms with Crippen LogP contribution < -0.4 is 10.6 Å². The number of hydrogen-bond acceptors (Lipinski definition) is 3. The Hall–Kier alpha value is -3.28. The van der Waals surface area contributed by atoms with E-state index in [-0.39, 0.29) is 18.4 Å². The maximum absolute atomic E-state index is 12.5. The monoisotopic (exact) mass is 435 g/mol. The summed E-state index contributed by atoms with van der Waals surface area (Å²) in [7, 11) is 0. The number of aromatic nitrogens is 1. The van der Waals surface area contributed by atoms with Crippen LogP contribution in [-0.2, 0) is 22.6 Å². The van der Waals surface area contributed by atoms with E-state index < -0.39 is 6.09 Å². The molecule has 0 saturated heterocycles. The lowest BCUT2D eigenvalue weighted by Gasteiger charge is -2.19. The first-order valence-corrected chi connectivity index (χ1v) is 11.3. The Morgan fingerprint density at radius 2 is 1.75 bits per heavy atom. The van der Waals surface area contributed by atoms with E-state index in [1.54, 1.807) is 0 Å². The maximum Gasteiger partial charge on any atom is 0.407 e. The fourth-order valence-corrected chi connectivity index (χ4v) is 3.92. The van der Waals surface area contributed by atoms with Crippen LogP contribution in [0.1, 0.15) is 37.8 Å². The van der Waals surface area contributed by atoms with E-state index in [2.05, 4.69) is 35.5 Å². The highest BCUT2D eigenvalue weighted by molar-refractivity contribution is 5.83. The first-order chi connectivity index (χ1) is 15.5. The van der Waals surface area contributed by atoms with Crippen LogP contribution in [0.25, 0.3) is 10.9 Å². The normalized spacial score (nSPS) is 12.0. The van der Waals surface area contributed by atoms with Gasteiger partial charge in [0.2, 0.25) is 5.91 Å². The number of hydrogen-bond donors (Lipinski definition) is 3. The first-order valence-electron chi connectivity index (χ1n) is 11.3. The smallest absolute Gasteiger partial charge is 0.407 e. The van der Waals surface area contributed by atoms with E-state index >= 15 is 0 Å². The van der Waals surface area contributed by atoms with Crippen molar-refractivity contribution >= 4 is 22.9 Å². The molecule has 2 aromatic carbocycles. The van der Waals surface area contributed by atoms with Crippen LogP contribution in [0.2, 0.25) is 0 Å². The van der Waals surface area contributed by atoms with Gasteiger partial charge in [0.1, 0.15) is 6.61 Å². The summed E-state index contributed by atoms with van der Waals surface area (Å²) in [6.07, 6.45) is 3.56. The third-order valence-corrected chi connectivity index (χ3v) is 5.42. The van der Waals surface area contributed by atoms with Gasteiger partial charge in [-0.2, -0.15) is 0 Å². The highest BCUT2D eigenvalue weighted by atomic mass is 16.5. The largest absolute Gasteiger partial charge is 0.445 e. The molecule has 6 heteroatoms. The lowest BCUT2D eigenvalue weighted by atomic mass is 9.93. The van der Waals surface area contributed by atoms with Gasteiger partial charge < -0.3 is 20.4 Å². The molecule has 6 nitrogen and oxygen atoms in total. The van der Waals surface area contributed by atoms with Gasteiger partial charge in [-0.3, -0.25) is 4.79 Å². The molecule has 170 valence electrons. The molecule has 0 bridgehead atoms. The summed E-state index contributed by atoms with van der Waals surface area (Å²) in [6, 6.07) is 17.7. The summed E-state index contributed by atoms with van der Waals surface area (Å²) in [5.74, 6) is 0.503. The molecular formula is C26H33N3O3. The predicted octanol–water partition coefficient (Wildman–Crippen LogP) is 4.81. The Morgan fingerprint density at radius 1 is 1.00 bits per heavy atom. The maximum atomic E-state index is 12.5. The molecule has 3 aromatic rings. The van der Waals surface area contributed by atoms with Crippen molar-refractivity contribution in [2.45, 2.75) is 39.7 Å². The van der Waals surface area contributed by atoms with E-state index in [9.17, 15) is 9.59 Å². The van der Waals surface area contributed by atoms with Crippen molar-refractivity contribution in [2.24, 2.45) is 11.8 Å². The van der Waals surface area contributed by atoms with Crippen LogP contribution in [0.3, 0.4) is 0 Å². The van der Waals surface area contributed by atoms with Crippen LogP contribution in [0.15, 0.2) is 60.8 Å². The third kappa shape index (κ3) is 7.45. The average Bonchev–Trinajstić information content (AvgIpc) is 3.19. The number of ether oxygens (including phenoxy) is 1. The van der Waals surface area contributed by atoms with Gasteiger partial charge in [-0.15, -0.1) is 0 Å². The Bertz CT molecular complexity index is 998. The lowest BCUT2D eigenvalue weighted by Crippen LogP contribution is -2.34. The molecule has 0 radical (unpaired) electrons. The molecule has 32 heavy (non-hydrogen) atoms. The van der Waals surface area contributed by atoms with Crippen molar-refractivity contribution < 1.29 is 14.3 Å². The standard InChI is InChI=1S/C26H33N3O3/c1-19(2)14-21(16-29-26(31)32-18-20-8-4-3-5-9-20)15-25(30)27-13-12-22-17-28-24-11-7-6-10-23(22)24/h3-11,17,19,21,28H,12-16,18H2,1-2H3,(H,27,30)(H,29,31)/t21-/m0/s1. The topological polar surface area (TPSA) is 83.2 Å². The zero-order valence-corrected chi connectivity index (χ0v) is 18.9. The van der Waals surface area contributed by atoms with Crippen LogP contribution in [-0.4, -0.2) is 30.1 Å². The number of nitrogens with one attached hydrogen (secondary N) is 3. The number of amides is 2. The van der Waals surface area contributed by atoms with E-state index in [4.69, 9.17) is 4.74 Å². The molecular weight excluding hydrogens is 402 g/mol. The number of H-pyrrole nitrogens is 1. The molecule has 1 atom stereocenters. The minimum Gasteiger partial charge on any atom is -0.445 e.